The fraction of sp³-hybridized carbons (Fsp3) is 0.391. The van der Waals surface area contributed by atoms with E-state index >= 15 is 0 Å². The van der Waals surface area contributed by atoms with Crippen molar-refractivity contribution in [1.82, 2.24) is 5.32 Å². The van der Waals surface area contributed by atoms with Gasteiger partial charge in [0, 0.05) is 17.9 Å². The van der Waals surface area contributed by atoms with Crippen molar-refractivity contribution in [3.05, 3.63) is 64.7 Å². The Bertz CT molecular complexity index is 837. The van der Waals surface area contributed by atoms with Crippen molar-refractivity contribution < 1.29 is 9.53 Å². The molecule has 0 spiro atoms. The van der Waals surface area contributed by atoms with Crippen LogP contribution < -0.4 is 10.6 Å². The molecular formula is C23H29N3O2. The monoisotopic (exact) mass is 379 g/mol. The first-order valence-electron chi connectivity index (χ1n) is 9.95. The number of hydrogen-bond donors (Lipinski definition) is 2. The van der Waals surface area contributed by atoms with E-state index in [1.807, 2.05) is 43.3 Å². The summed E-state index contributed by atoms with van der Waals surface area (Å²) in [5.74, 6) is 0.276. The van der Waals surface area contributed by atoms with Crippen LogP contribution in [0.1, 0.15) is 46.8 Å². The van der Waals surface area contributed by atoms with Gasteiger partial charge < -0.3 is 10.1 Å². The Morgan fingerprint density at radius 3 is 2.61 bits per heavy atom. The minimum atomic E-state index is -0.175. The molecule has 1 aliphatic rings. The first kappa shape index (κ1) is 20.1. The highest BCUT2D eigenvalue weighted by molar-refractivity contribution is 6.10. The van der Waals surface area contributed by atoms with Gasteiger partial charge in [0.2, 0.25) is 5.96 Å². The summed E-state index contributed by atoms with van der Waals surface area (Å²) in [4.78, 5) is 17.3. The third-order valence-electron chi connectivity index (χ3n) is 4.97. The molecule has 0 saturated carbocycles. The predicted molar refractivity (Wildman–Crippen MR) is 114 cm³/mol. The molecule has 1 amide bonds. The van der Waals surface area contributed by atoms with E-state index in [0.29, 0.717) is 18.1 Å². The van der Waals surface area contributed by atoms with Crippen LogP contribution in [0.15, 0.2) is 47.5 Å². The average Bonchev–Trinajstić information content (AvgIpc) is 3.22. The van der Waals surface area contributed by atoms with Crippen molar-refractivity contribution in [3.63, 3.8) is 0 Å². The molecule has 148 valence electrons. The van der Waals surface area contributed by atoms with Gasteiger partial charge >= 0.3 is 0 Å². The molecule has 2 aromatic rings. The SMILES string of the molecule is CCc1ccc(C(=O)NC(=NC[C@@H]2CCCO2)Nc2ccc(C)cc2C)cc1. The molecule has 3 rings (SSSR count). The Kier molecular flexibility index (Phi) is 6.82. The number of hydrogen-bond acceptors (Lipinski definition) is 3. The van der Waals surface area contributed by atoms with Crippen molar-refractivity contribution in [1.29, 1.82) is 0 Å². The quantitative estimate of drug-likeness (QED) is 0.603. The van der Waals surface area contributed by atoms with E-state index in [0.717, 1.165) is 37.1 Å². The lowest BCUT2D eigenvalue weighted by Crippen LogP contribution is -2.37. The molecule has 1 fully saturated rings. The highest BCUT2D eigenvalue weighted by atomic mass is 16.5. The van der Waals surface area contributed by atoms with Gasteiger partial charge in [-0.1, -0.05) is 36.8 Å². The zero-order chi connectivity index (χ0) is 19.9. The summed E-state index contributed by atoms with van der Waals surface area (Å²) >= 11 is 0. The summed E-state index contributed by atoms with van der Waals surface area (Å²) in [6.45, 7) is 7.51. The molecule has 0 aromatic heterocycles. The summed E-state index contributed by atoms with van der Waals surface area (Å²) in [5, 5.41) is 6.21. The zero-order valence-corrected chi connectivity index (χ0v) is 16.9. The third-order valence-corrected chi connectivity index (χ3v) is 4.97. The largest absolute Gasteiger partial charge is 0.376 e. The first-order valence-corrected chi connectivity index (χ1v) is 9.95. The van der Waals surface area contributed by atoms with E-state index in [2.05, 4.69) is 35.5 Å². The predicted octanol–water partition coefficient (Wildman–Crippen LogP) is 4.24. The number of ether oxygens (including phenoxy) is 1. The molecule has 1 saturated heterocycles. The van der Waals surface area contributed by atoms with E-state index in [1.54, 1.807) is 0 Å². The lowest BCUT2D eigenvalue weighted by atomic mass is 10.1. The van der Waals surface area contributed by atoms with Crippen LogP contribution in [0.4, 0.5) is 5.69 Å². The zero-order valence-electron chi connectivity index (χ0n) is 16.9. The standard InChI is InChI=1S/C23H29N3O2/c1-4-18-8-10-19(11-9-18)22(27)26-23(24-15-20-6-5-13-28-20)25-21-12-7-16(2)14-17(21)3/h7-12,14,20H,4-6,13,15H2,1-3H3,(H2,24,25,26,27)/t20-/m0/s1. The van der Waals surface area contributed by atoms with Gasteiger partial charge in [-0.05, 0) is 62.4 Å². The van der Waals surface area contributed by atoms with Crippen LogP contribution >= 0.6 is 0 Å². The van der Waals surface area contributed by atoms with Crippen LogP contribution in [0, 0.1) is 13.8 Å². The number of benzene rings is 2. The van der Waals surface area contributed by atoms with Gasteiger partial charge in [0.15, 0.2) is 0 Å². The number of nitrogens with zero attached hydrogens (tertiary/aromatic N) is 1. The molecule has 28 heavy (non-hydrogen) atoms. The third kappa shape index (κ3) is 5.42. The van der Waals surface area contributed by atoms with Crippen LogP contribution in [0.5, 0.6) is 0 Å². The molecule has 1 heterocycles. The van der Waals surface area contributed by atoms with Gasteiger partial charge in [-0.3, -0.25) is 10.1 Å². The minimum absolute atomic E-state index is 0.122. The number of rotatable bonds is 5. The molecule has 5 heteroatoms. The van der Waals surface area contributed by atoms with E-state index in [-0.39, 0.29) is 12.0 Å². The van der Waals surface area contributed by atoms with Gasteiger partial charge in [0.1, 0.15) is 0 Å². The van der Waals surface area contributed by atoms with E-state index in [9.17, 15) is 4.79 Å². The highest BCUT2D eigenvalue weighted by Gasteiger charge is 2.16. The second-order valence-corrected chi connectivity index (χ2v) is 7.27. The summed E-state index contributed by atoms with van der Waals surface area (Å²) in [6, 6.07) is 13.8. The van der Waals surface area contributed by atoms with Crippen LogP contribution in [0.3, 0.4) is 0 Å². The topological polar surface area (TPSA) is 62.7 Å². The maximum atomic E-state index is 12.7. The lowest BCUT2D eigenvalue weighted by Gasteiger charge is -2.15. The summed E-state index contributed by atoms with van der Waals surface area (Å²) in [6.07, 6.45) is 3.14. The summed E-state index contributed by atoms with van der Waals surface area (Å²) in [7, 11) is 0. The molecular weight excluding hydrogens is 350 g/mol. The normalized spacial score (nSPS) is 16.8. The fourth-order valence-electron chi connectivity index (χ4n) is 3.24. The minimum Gasteiger partial charge on any atom is -0.376 e. The molecule has 2 aromatic carbocycles. The number of anilines is 1. The Morgan fingerprint density at radius 1 is 1.18 bits per heavy atom. The molecule has 2 N–H and O–H groups in total. The van der Waals surface area contributed by atoms with Crippen molar-refractivity contribution in [2.45, 2.75) is 46.1 Å². The molecule has 5 nitrogen and oxygen atoms in total. The Morgan fingerprint density at radius 2 is 1.96 bits per heavy atom. The van der Waals surface area contributed by atoms with Crippen molar-refractivity contribution in [2.75, 3.05) is 18.5 Å². The Hall–Kier alpha value is -2.66. The lowest BCUT2D eigenvalue weighted by molar-refractivity contribution is 0.0975. The number of carbonyl (C=O) groups is 1. The average molecular weight is 380 g/mol. The van der Waals surface area contributed by atoms with Gasteiger partial charge in [-0.15, -0.1) is 0 Å². The number of carbonyl (C=O) groups excluding carboxylic acids is 1. The second-order valence-electron chi connectivity index (χ2n) is 7.27. The van der Waals surface area contributed by atoms with Crippen LogP contribution in [0.2, 0.25) is 0 Å². The number of amides is 1. The van der Waals surface area contributed by atoms with Gasteiger partial charge in [0.05, 0.1) is 12.6 Å². The van der Waals surface area contributed by atoms with Crippen molar-refractivity contribution in [3.8, 4) is 0 Å². The molecule has 0 radical (unpaired) electrons. The molecule has 1 atom stereocenters. The van der Waals surface area contributed by atoms with Crippen LogP contribution in [-0.4, -0.2) is 31.1 Å². The van der Waals surface area contributed by atoms with Gasteiger partial charge in [-0.25, -0.2) is 4.99 Å². The molecule has 0 unspecified atom stereocenters. The van der Waals surface area contributed by atoms with E-state index in [1.165, 1.54) is 11.1 Å². The Labute approximate surface area is 167 Å². The summed E-state index contributed by atoms with van der Waals surface area (Å²) < 4.78 is 5.66. The number of guanidine groups is 1. The van der Waals surface area contributed by atoms with E-state index in [4.69, 9.17) is 4.74 Å². The van der Waals surface area contributed by atoms with Crippen LogP contribution in [-0.2, 0) is 11.2 Å². The summed E-state index contributed by atoms with van der Waals surface area (Å²) in [5.41, 5.74) is 5.05. The number of aryl methyl sites for hydroxylation is 3. The van der Waals surface area contributed by atoms with Gasteiger partial charge in [-0.2, -0.15) is 0 Å². The van der Waals surface area contributed by atoms with Crippen LogP contribution in [0.25, 0.3) is 0 Å². The first-order chi connectivity index (χ1) is 13.5. The van der Waals surface area contributed by atoms with E-state index < -0.39 is 0 Å². The van der Waals surface area contributed by atoms with Gasteiger partial charge in [0.25, 0.3) is 5.91 Å². The Balaban J connectivity index is 1.75. The number of nitrogens with one attached hydrogen (secondary N) is 2. The maximum Gasteiger partial charge on any atom is 0.257 e. The molecule has 0 aliphatic carbocycles. The fourth-order valence-corrected chi connectivity index (χ4v) is 3.24. The van der Waals surface area contributed by atoms with Crippen molar-refractivity contribution in [2.24, 2.45) is 4.99 Å². The maximum absolute atomic E-state index is 12.7. The van der Waals surface area contributed by atoms with Crippen molar-refractivity contribution >= 4 is 17.6 Å². The molecule has 1 aliphatic heterocycles. The second kappa shape index (κ2) is 9.51. The smallest absolute Gasteiger partial charge is 0.257 e. The number of aliphatic imine (C=N–C) groups is 1. The molecule has 0 bridgehead atoms. The highest BCUT2D eigenvalue weighted by Crippen LogP contribution is 2.17.